The summed E-state index contributed by atoms with van der Waals surface area (Å²) in [6.45, 7) is 5.51. The fourth-order valence-corrected chi connectivity index (χ4v) is 3.07. The Balaban J connectivity index is 1.85. The highest BCUT2D eigenvalue weighted by molar-refractivity contribution is 5.82. The molecule has 2 nitrogen and oxygen atoms in total. The van der Waals surface area contributed by atoms with Gasteiger partial charge in [0.25, 0.3) is 0 Å². The van der Waals surface area contributed by atoms with Crippen LogP contribution in [-0.2, 0) is 13.0 Å². The monoisotopic (exact) mass is 271 g/mol. The molecule has 0 bridgehead atoms. The highest BCUT2D eigenvalue weighted by Crippen LogP contribution is 2.33. The van der Waals surface area contributed by atoms with Crippen LogP contribution in [-0.4, -0.2) is 5.54 Å². The average Bonchev–Trinajstić information content (AvgIpc) is 2.78. The number of aryl methyl sites for hydroxylation is 1. The highest BCUT2D eigenvalue weighted by atomic mass is 16.3. The molecule has 0 amide bonds. The lowest BCUT2D eigenvalue weighted by Gasteiger charge is -2.39. The van der Waals surface area contributed by atoms with Crippen LogP contribution in [0.3, 0.4) is 0 Å². The number of benzene rings is 1. The van der Waals surface area contributed by atoms with Gasteiger partial charge in [0, 0.05) is 29.5 Å². The van der Waals surface area contributed by atoms with Gasteiger partial charge in [0.05, 0.1) is 0 Å². The van der Waals surface area contributed by atoms with E-state index >= 15 is 0 Å². The lowest BCUT2D eigenvalue weighted by Crippen LogP contribution is -2.47. The summed E-state index contributed by atoms with van der Waals surface area (Å²) in [5.41, 5.74) is 2.76. The molecular weight excluding hydrogens is 246 g/mol. The van der Waals surface area contributed by atoms with Crippen LogP contribution in [0.4, 0.5) is 0 Å². The first-order chi connectivity index (χ1) is 9.72. The fourth-order valence-electron chi connectivity index (χ4n) is 3.07. The van der Waals surface area contributed by atoms with E-state index in [4.69, 9.17) is 4.42 Å². The number of hydrogen-bond donors (Lipinski definition) is 1. The van der Waals surface area contributed by atoms with Crippen molar-refractivity contribution >= 4 is 11.0 Å². The zero-order valence-corrected chi connectivity index (χ0v) is 12.7. The molecule has 1 heterocycles. The molecule has 0 radical (unpaired) electrons. The minimum absolute atomic E-state index is 0.348. The van der Waals surface area contributed by atoms with Crippen molar-refractivity contribution in [3.63, 3.8) is 0 Å². The predicted molar refractivity (Wildman–Crippen MR) is 83.9 cm³/mol. The third-order valence-corrected chi connectivity index (χ3v) is 4.69. The third kappa shape index (κ3) is 2.62. The number of unbranched alkanes of at least 4 members (excludes halogenated alkanes) is 1. The van der Waals surface area contributed by atoms with Crippen molar-refractivity contribution in [3.8, 4) is 0 Å². The van der Waals surface area contributed by atoms with Crippen LogP contribution in [0, 0.1) is 0 Å². The molecule has 108 valence electrons. The molecule has 2 aromatic rings. The van der Waals surface area contributed by atoms with Gasteiger partial charge in [-0.05, 0) is 38.7 Å². The smallest absolute Gasteiger partial charge is 0.134 e. The van der Waals surface area contributed by atoms with E-state index in [-0.39, 0.29) is 0 Å². The standard InChI is InChI=1S/C18H25NO/c1-3-4-9-17-15(13-19-18(2)11-7-12-18)14-8-5-6-10-16(14)20-17/h5-6,8,10,19H,3-4,7,9,11-13H2,1-2H3. The van der Waals surface area contributed by atoms with Crippen LogP contribution in [0.5, 0.6) is 0 Å². The Morgan fingerprint density at radius 1 is 1.25 bits per heavy atom. The molecule has 1 aromatic heterocycles. The molecule has 1 saturated carbocycles. The van der Waals surface area contributed by atoms with Gasteiger partial charge in [-0.3, -0.25) is 0 Å². The average molecular weight is 271 g/mol. The van der Waals surface area contributed by atoms with Gasteiger partial charge in [-0.1, -0.05) is 31.5 Å². The van der Waals surface area contributed by atoms with Crippen molar-refractivity contribution in [1.29, 1.82) is 0 Å². The summed E-state index contributed by atoms with van der Waals surface area (Å²) in [7, 11) is 0. The minimum Gasteiger partial charge on any atom is -0.461 e. The number of para-hydroxylation sites is 1. The zero-order chi connectivity index (χ0) is 14.0. The maximum Gasteiger partial charge on any atom is 0.134 e. The molecule has 0 aliphatic heterocycles. The van der Waals surface area contributed by atoms with E-state index in [0.29, 0.717) is 5.54 Å². The van der Waals surface area contributed by atoms with Crippen molar-refractivity contribution in [2.24, 2.45) is 0 Å². The molecule has 0 saturated heterocycles. The van der Waals surface area contributed by atoms with E-state index in [1.807, 2.05) is 0 Å². The van der Waals surface area contributed by atoms with Crippen LogP contribution in [0.15, 0.2) is 28.7 Å². The first-order valence-corrected chi connectivity index (χ1v) is 7.96. The Morgan fingerprint density at radius 2 is 2.05 bits per heavy atom. The molecule has 2 heteroatoms. The van der Waals surface area contributed by atoms with Gasteiger partial charge in [0.15, 0.2) is 0 Å². The second kappa shape index (κ2) is 5.61. The van der Waals surface area contributed by atoms with Gasteiger partial charge in [-0.25, -0.2) is 0 Å². The van der Waals surface area contributed by atoms with Gasteiger partial charge in [-0.2, -0.15) is 0 Å². The molecular formula is C18H25NO. The quantitative estimate of drug-likeness (QED) is 0.815. The number of furan rings is 1. The molecule has 20 heavy (non-hydrogen) atoms. The van der Waals surface area contributed by atoms with Crippen LogP contribution >= 0.6 is 0 Å². The molecule has 0 unspecified atom stereocenters. The van der Waals surface area contributed by atoms with Crippen molar-refractivity contribution < 1.29 is 4.42 Å². The Labute approximate surface area is 121 Å². The normalized spacial score (nSPS) is 17.3. The molecule has 1 N–H and O–H groups in total. The topological polar surface area (TPSA) is 25.2 Å². The maximum atomic E-state index is 6.08. The Morgan fingerprint density at radius 3 is 2.75 bits per heavy atom. The lowest BCUT2D eigenvalue weighted by atomic mass is 9.78. The number of nitrogens with one attached hydrogen (secondary N) is 1. The van der Waals surface area contributed by atoms with E-state index in [0.717, 1.165) is 18.5 Å². The molecule has 1 aliphatic rings. The van der Waals surface area contributed by atoms with Crippen LogP contribution in [0.1, 0.15) is 57.3 Å². The van der Waals surface area contributed by atoms with Gasteiger partial charge >= 0.3 is 0 Å². The fraction of sp³-hybridized carbons (Fsp3) is 0.556. The highest BCUT2D eigenvalue weighted by Gasteiger charge is 2.31. The zero-order valence-electron chi connectivity index (χ0n) is 12.7. The Bertz CT molecular complexity index is 580. The molecule has 0 atom stereocenters. The molecule has 3 rings (SSSR count). The SMILES string of the molecule is CCCCc1oc2ccccc2c1CNC1(C)CCC1. The summed E-state index contributed by atoms with van der Waals surface area (Å²) < 4.78 is 6.08. The molecule has 1 aromatic carbocycles. The number of hydrogen-bond acceptors (Lipinski definition) is 2. The third-order valence-electron chi connectivity index (χ3n) is 4.69. The maximum absolute atomic E-state index is 6.08. The first kappa shape index (κ1) is 13.7. The summed E-state index contributed by atoms with van der Waals surface area (Å²) in [4.78, 5) is 0. The second-order valence-electron chi connectivity index (χ2n) is 6.37. The van der Waals surface area contributed by atoms with Crippen LogP contribution < -0.4 is 5.32 Å². The second-order valence-corrected chi connectivity index (χ2v) is 6.37. The predicted octanol–water partition coefficient (Wildman–Crippen LogP) is 4.81. The van der Waals surface area contributed by atoms with E-state index in [2.05, 4.69) is 43.4 Å². The largest absolute Gasteiger partial charge is 0.461 e. The summed E-state index contributed by atoms with van der Waals surface area (Å²) >= 11 is 0. The summed E-state index contributed by atoms with van der Waals surface area (Å²) in [6, 6.07) is 8.43. The summed E-state index contributed by atoms with van der Waals surface area (Å²) in [5, 5.41) is 5.03. The van der Waals surface area contributed by atoms with Crippen molar-refractivity contribution in [3.05, 3.63) is 35.6 Å². The van der Waals surface area contributed by atoms with Crippen molar-refractivity contribution in [2.45, 2.75) is 64.5 Å². The van der Waals surface area contributed by atoms with E-state index in [1.165, 1.54) is 48.8 Å². The van der Waals surface area contributed by atoms with Gasteiger partial charge < -0.3 is 9.73 Å². The summed E-state index contributed by atoms with van der Waals surface area (Å²) in [5.74, 6) is 1.18. The Kier molecular flexibility index (Phi) is 3.84. The molecule has 0 spiro atoms. The Hall–Kier alpha value is -1.28. The van der Waals surface area contributed by atoms with Crippen LogP contribution in [0.2, 0.25) is 0 Å². The van der Waals surface area contributed by atoms with Gasteiger partial charge in [0.2, 0.25) is 0 Å². The summed E-state index contributed by atoms with van der Waals surface area (Å²) in [6.07, 6.45) is 7.42. The van der Waals surface area contributed by atoms with Gasteiger partial charge in [0.1, 0.15) is 11.3 Å². The molecule has 1 fully saturated rings. The van der Waals surface area contributed by atoms with Gasteiger partial charge in [-0.15, -0.1) is 0 Å². The number of fused-ring (bicyclic) bond motifs is 1. The van der Waals surface area contributed by atoms with Crippen molar-refractivity contribution in [2.75, 3.05) is 0 Å². The van der Waals surface area contributed by atoms with Crippen molar-refractivity contribution in [1.82, 2.24) is 5.32 Å². The first-order valence-electron chi connectivity index (χ1n) is 7.96. The van der Waals surface area contributed by atoms with E-state index in [1.54, 1.807) is 0 Å². The molecule has 1 aliphatic carbocycles. The number of rotatable bonds is 6. The lowest BCUT2D eigenvalue weighted by molar-refractivity contribution is 0.206. The van der Waals surface area contributed by atoms with E-state index in [9.17, 15) is 0 Å². The minimum atomic E-state index is 0.348. The van der Waals surface area contributed by atoms with Crippen LogP contribution in [0.25, 0.3) is 11.0 Å². The van der Waals surface area contributed by atoms with E-state index < -0.39 is 0 Å².